The molecule has 0 aromatic heterocycles. The van der Waals surface area contributed by atoms with E-state index in [0.717, 1.165) is 51.4 Å². The Hall–Kier alpha value is -2.16. The number of amides is 3. The number of rotatable bonds is 3. The first-order valence-corrected chi connectivity index (χ1v) is 11.0. The van der Waals surface area contributed by atoms with E-state index in [1.807, 2.05) is 0 Å². The third-order valence-corrected chi connectivity index (χ3v) is 5.52. The monoisotopic (exact) mass is 425 g/mol. The maximum atomic E-state index is 12.9. The van der Waals surface area contributed by atoms with Gasteiger partial charge in [-0.15, -0.1) is 0 Å². The van der Waals surface area contributed by atoms with Crippen LogP contribution in [0, 0.1) is 0 Å². The summed E-state index contributed by atoms with van der Waals surface area (Å²) in [4.78, 5) is 51.6. The summed E-state index contributed by atoms with van der Waals surface area (Å²) in [5, 5.41) is 5.28. The summed E-state index contributed by atoms with van der Waals surface area (Å²) >= 11 is 0. The van der Waals surface area contributed by atoms with Crippen molar-refractivity contribution in [3.63, 3.8) is 0 Å². The fraction of sp³-hybridized carbons (Fsp3) is 0.810. The summed E-state index contributed by atoms with van der Waals surface area (Å²) in [6, 6.07) is -2.03. The summed E-state index contributed by atoms with van der Waals surface area (Å²) in [5.74, 6) is -1.64. The van der Waals surface area contributed by atoms with Crippen LogP contribution in [0.15, 0.2) is 0 Å². The normalized spacial score (nSPS) is 25.3. The first-order valence-electron chi connectivity index (χ1n) is 11.0. The number of nitrogens with one attached hydrogen (secondary N) is 2. The summed E-state index contributed by atoms with van der Waals surface area (Å²) in [6.45, 7) is 1.82. The number of nitrogens with zero attached hydrogens (tertiary/aromatic N) is 1. The van der Waals surface area contributed by atoms with E-state index >= 15 is 0 Å². The van der Waals surface area contributed by atoms with Gasteiger partial charge in [0.2, 0.25) is 17.7 Å². The molecular weight excluding hydrogens is 390 g/mol. The maximum absolute atomic E-state index is 12.9. The molecule has 170 valence electrons. The van der Waals surface area contributed by atoms with Crippen LogP contribution in [0.4, 0.5) is 0 Å². The fourth-order valence-corrected chi connectivity index (χ4v) is 3.73. The Balaban J connectivity index is 2.08. The minimum Gasteiger partial charge on any atom is -0.467 e. The summed E-state index contributed by atoms with van der Waals surface area (Å²) in [7, 11) is 1.24. The number of likely N-dealkylation sites (tertiary alicyclic amines) is 1. The van der Waals surface area contributed by atoms with Gasteiger partial charge in [0.15, 0.2) is 6.04 Å². The van der Waals surface area contributed by atoms with Crippen molar-refractivity contribution in [2.75, 3.05) is 33.4 Å². The zero-order valence-electron chi connectivity index (χ0n) is 18.0. The lowest BCUT2D eigenvalue weighted by Gasteiger charge is -2.24. The molecule has 9 nitrogen and oxygen atoms in total. The number of esters is 1. The number of ether oxygens (including phenoxy) is 2. The predicted octanol–water partition coefficient (Wildman–Crippen LogP) is 0.902. The SMILES string of the molecule is COC(=O)[C@@H]1COCCCCCCCCC(=O)N[C@@H](CC(=O)N2CCCC2)C(=O)N1. The van der Waals surface area contributed by atoms with Gasteiger partial charge in [0.1, 0.15) is 6.04 Å². The van der Waals surface area contributed by atoms with Crippen LogP contribution in [0.5, 0.6) is 0 Å². The minimum absolute atomic E-state index is 0.0147. The molecule has 0 unspecified atom stereocenters. The van der Waals surface area contributed by atoms with Gasteiger partial charge in [0, 0.05) is 26.1 Å². The predicted molar refractivity (Wildman–Crippen MR) is 109 cm³/mol. The van der Waals surface area contributed by atoms with Crippen LogP contribution in [0.1, 0.15) is 64.2 Å². The van der Waals surface area contributed by atoms with E-state index in [-0.39, 0.29) is 24.8 Å². The van der Waals surface area contributed by atoms with E-state index in [2.05, 4.69) is 10.6 Å². The van der Waals surface area contributed by atoms with Gasteiger partial charge in [-0.3, -0.25) is 14.4 Å². The summed E-state index contributed by atoms with van der Waals surface area (Å²) in [6.07, 6.45) is 7.73. The average molecular weight is 426 g/mol. The molecule has 0 bridgehead atoms. The highest BCUT2D eigenvalue weighted by Crippen LogP contribution is 2.12. The van der Waals surface area contributed by atoms with Gasteiger partial charge >= 0.3 is 5.97 Å². The second-order valence-corrected chi connectivity index (χ2v) is 7.94. The Bertz CT molecular complexity index is 591. The number of hydrogen-bond acceptors (Lipinski definition) is 6. The van der Waals surface area contributed by atoms with Crippen molar-refractivity contribution >= 4 is 23.7 Å². The molecule has 2 rings (SSSR count). The fourth-order valence-electron chi connectivity index (χ4n) is 3.73. The molecular formula is C21H35N3O6. The van der Waals surface area contributed by atoms with E-state index in [4.69, 9.17) is 9.47 Å². The van der Waals surface area contributed by atoms with Crippen LogP contribution in [-0.2, 0) is 28.7 Å². The Morgan fingerprint density at radius 3 is 2.37 bits per heavy atom. The topological polar surface area (TPSA) is 114 Å². The van der Waals surface area contributed by atoms with Crippen LogP contribution >= 0.6 is 0 Å². The van der Waals surface area contributed by atoms with Gasteiger partial charge in [-0.1, -0.05) is 25.7 Å². The van der Waals surface area contributed by atoms with Crippen LogP contribution < -0.4 is 10.6 Å². The molecule has 0 aliphatic carbocycles. The molecule has 2 fully saturated rings. The number of carbonyl (C=O) groups is 4. The second-order valence-electron chi connectivity index (χ2n) is 7.94. The zero-order valence-corrected chi connectivity index (χ0v) is 18.0. The van der Waals surface area contributed by atoms with Crippen molar-refractivity contribution in [3.05, 3.63) is 0 Å². The van der Waals surface area contributed by atoms with Gasteiger partial charge < -0.3 is 25.0 Å². The van der Waals surface area contributed by atoms with Crippen molar-refractivity contribution in [1.82, 2.24) is 15.5 Å². The van der Waals surface area contributed by atoms with Gasteiger partial charge in [-0.2, -0.15) is 0 Å². The van der Waals surface area contributed by atoms with Gasteiger partial charge in [-0.05, 0) is 25.7 Å². The minimum atomic E-state index is -1.04. The van der Waals surface area contributed by atoms with Gasteiger partial charge in [0.05, 0.1) is 20.1 Å². The molecule has 0 saturated carbocycles. The van der Waals surface area contributed by atoms with Gasteiger partial charge in [-0.25, -0.2) is 4.79 Å². The Labute approximate surface area is 178 Å². The van der Waals surface area contributed by atoms with Gasteiger partial charge in [0.25, 0.3) is 0 Å². The quantitative estimate of drug-likeness (QED) is 0.650. The zero-order chi connectivity index (χ0) is 21.8. The number of carbonyl (C=O) groups excluding carboxylic acids is 4. The molecule has 0 aromatic rings. The molecule has 0 aromatic carbocycles. The molecule has 2 saturated heterocycles. The van der Waals surface area contributed by atoms with Crippen LogP contribution in [-0.4, -0.2) is 74.1 Å². The van der Waals surface area contributed by atoms with E-state index in [9.17, 15) is 19.2 Å². The first kappa shape index (κ1) is 24.1. The van der Waals surface area contributed by atoms with Crippen molar-refractivity contribution in [3.8, 4) is 0 Å². The van der Waals surface area contributed by atoms with Crippen molar-refractivity contribution in [2.24, 2.45) is 0 Å². The number of hydrogen-bond donors (Lipinski definition) is 2. The Kier molecular flexibility index (Phi) is 10.6. The molecule has 30 heavy (non-hydrogen) atoms. The summed E-state index contributed by atoms with van der Waals surface area (Å²) in [5.41, 5.74) is 0. The third-order valence-electron chi connectivity index (χ3n) is 5.52. The van der Waals surface area contributed by atoms with Crippen LogP contribution in [0.3, 0.4) is 0 Å². The summed E-state index contributed by atoms with van der Waals surface area (Å²) < 4.78 is 10.3. The van der Waals surface area contributed by atoms with E-state index < -0.39 is 24.0 Å². The largest absolute Gasteiger partial charge is 0.467 e. The smallest absolute Gasteiger partial charge is 0.330 e. The molecule has 2 atom stereocenters. The molecule has 2 heterocycles. The highest BCUT2D eigenvalue weighted by molar-refractivity contribution is 5.94. The average Bonchev–Trinajstić information content (AvgIpc) is 3.27. The molecule has 2 aliphatic heterocycles. The molecule has 0 radical (unpaired) electrons. The first-order chi connectivity index (χ1) is 14.5. The van der Waals surface area contributed by atoms with E-state index in [1.165, 1.54) is 7.11 Å². The highest BCUT2D eigenvalue weighted by Gasteiger charge is 2.31. The maximum Gasteiger partial charge on any atom is 0.330 e. The second kappa shape index (κ2) is 13.2. The highest BCUT2D eigenvalue weighted by atomic mass is 16.5. The lowest BCUT2D eigenvalue weighted by atomic mass is 10.1. The van der Waals surface area contributed by atoms with Crippen molar-refractivity contribution in [1.29, 1.82) is 0 Å². The standard InChI is InChI=1S/C21H35N3O6/c1-29-21(28)17-15-30-13-9-5-3-2-4-6-10-18(25)22-16(20(27)23-17)14-19(26)24-11-7-8-12-24/h16-17H,2-15H2,1H3,(H,22,25)(H,23,27)/t16-,17-/m0/s1. The molecule has 9 heteroatoms. The van der Waals surface area contributed by atoms with Crippen molar-refractivity contribution < 1.29 is 28.7 Å². The Morgan fingerprint density at radius 1 is 1.00 bits per heavy atom. The third kappa shape index (κ3) is 8.30. The lowest BCUT2D eigenvalue weighted by Crippen LogP contribution is -2.54. The van der Waals surface area contributed by atoms with Crippen LogP contribution in [0.2, 0.25) is 0 Å². The number of methoxy groups -OCH3 is 1. The molecule has 3 amide bonds. The van der Waals surface area contributed by atoms with Crippen LogP contribution in [0.25, 0.3) is 0 Å². The van der Waals surface area contributed by atoms with Crippen molar-refractivity contribution in [2.45, 2.75) is 76.3 Å². The molecule has 0 spiro atoms. The lowest BCUT2D eigenvalue weighted by molar-refractivity contribution is -0.147. The molecule has 2 aliphatic rings. The molecule has 2 N–H and O–H groups in total. The Morgan fingerprint density at radius 2 is 1.67 bits per heavy atom. The van der Waals surface area contributed by atoms with E-state index in [0.29, 0.717) is 26.1 Å². The van der Waals surface area contributed by atoms with E-state index in [1.54, 1.807) is 4.90 Å².